The number of aromatic nitrogens is 3. The normalized spacial score (nSPS) is 13.0. The maximum absolute atomic E-state index is 6.67. The lowest BCUT2D eigenvalue weighted by Crippen LogP contribution is -2.11. The number of rotatable bonds is 10. The Balaban J connectivity index is 1.04. The quantitative estimate of drug-likeness (QED) is 0.138. The molecule has 8 aromatic carbocycles. The van der Waals surface area contributed by atoms with Crippen LogP contribution in [0.3, 0.4) is 0 Å². The Labute approximate surface area is 371 Å². The molecule has 6 heteroatoms. The van der Waals surface area contributed by atoms with E-state index in [-0.39, 0.29) is 11.8 Å². The number of benzene rings is 8. The smallest absolute Gasteiger partial charge is 0.231 e. The van der Waals surface area contributed by atoms with E-state index >= 15 is 0 Å². The van der Waals surface area contributed by atoms with Crippen LogP contribution in [0, 0.1) is 12.8 Å². The van der Waals surface area contributed by atoms with Crippen LogP contribution in [0.15, 0.2) is 203 Å². The minimum atomic E-state index is 0.0657. The molecule has 1 N–H and O–H groups in total. The van der Waals surface area contributed by atoms with Crippen molar-refractivity contribution in [3.63, 3.8) is 0 Å². The van der Waals surface area contributed by atoms with Crippen LogP contribution in [0.1, 0.15) is 36.5 Å². The van der Waals surface area contributed by atoms with Gasteiger partial charge in [-0.25, -0.2) is 4.98 Å². The van der Waals surface area contributed by atoms with E-state index in [1.165, 1.54) is 22.3 Å². The molecule has 0 spiro atoms. The summed E-state index contributed by atoms with van der Waals surface area (Å²) in [5.74, 6) is 1.63. The van der Waals surface area contributed by atoms with Crippen LogP contribution in [0.2, 0.25) is 0 Å². The molecule has 0 aliphatic carbocycles. The number of nitrogens with zero attached hydrogens (tertiary/aromatic N) is 3. The SMILES string of the molecule is C=C(Nc1nc(-c2ccc3ccccc3c2)nc(-c2ccc3c(c2)oc2ccccc23)n1)/C(=C\C(C)C(C)c1ccccc1-c1ccccc1C)c1cccc2c1oc1ccccc12. The highest BCUT2D eigenvalue weighted by Gasteiger charge is 2.23. The number of aryl methyl sites for hydroxylation is 1. The second-order valence-corrected chi connectivity index (χ2v) is 16.7. The lowest BCUT2D eigenvalue weighted by atomic mass is 9.82. The zero-order valence-electron chi connectivity index (χ0n) is 35.8. The number of para-hydroxylation sites is 3. The van der Waals surface area contributed by atoms with Crippen molar-refractivity contribution in [1.82, 2.24) is 15.0 Å². The number of hydrogen-bond acceptors (Lipinski definition) is 6. The van der Waals surface area contributed by atoms with Gasteiger partial charge < -0.3 is 14.2 Å². The van der Waals surface area contributed by atoms with Crippen molar-refractivity contribution in [3.8, 4) is 33.9 Å². The van der Waals surface area contributed by atoms with Gasteiger partial charge in [0, 0.05) is 49.5 Å². The summed E-state index contributed by atoms with van der Waals surface area (Å²) < 4.78 is 13.0. The molecule has 3 aromatic heterocycles. The highest BCUT2D eigenvalue weighted by Crippen LogP contribution is 2.40. The molecule has 6 nitrogen and oxygen atoms in total. The molecule has 308 valence electrons. The van der Waals surface area contributed by atoms with Gasteiger partial charge in [-0.15, -0.1) is 0 Å². The molecule has 11 aromatic rings. The first-order valence-corrected chi connectivity index (χ1v) is 21.8. The Kier molecular flexibility index (Phi) is 9.69. The number of hydrogen-bond donors (Lipinski definition) is 1. The summed E-state index contributed by atoms with van der Waals surface area (Å²) in [6.45, 7) is 11.5. The third-order valence-electron chi connectivity index (χ3n) is 12.7. The fraction of sp³-hybridized carbons (Fsp3) is 0.0862. The maximum atomic E-state index is 6.67. The van der Waals surface area contributed by atoms with Gasteiger partial charge in [-0.05, 0) is 82.1 Å². The van der Waals surface area contributed by atoms with E-state index in [4.69, 9.17) is 30.4 Å². The fourth-order valence-corrected chi connectivity index (χ4v) is 9.10. The van der Waals surface area contributed by atoms with Crippen LogP contribution in [0.4, 0.5) is 5.95 Å². The molecular weight excluding hydrogens is 785 g/mol. The third kappa shape index (κ3) is 6.99. The number of fused-ring (bicyclic) bond motifs is 7. The van der Waals surface area contributed by atoms with Crippen molar-refractivity contribution in [2.45, 2.75) is 26.7 Å². The molecule has 2 atom stereocenters. The Hall–Kier alpha value is -8.09. The lowest BCUT2D eigenvalue weighted by molar-refractivity contribution is 0.593. The molecule has 0 saturated carbocycles. The first kappa shape index (κ1) is 38.8. The molecule has 0 saturated heterocycles. The summed E-state index contributed by atoms with van der Waals surface area (Å²) in [5, 5.41) is 10.0. The second kappa shape index (κ2) is 16.0. The molecule has 0 bridgehead atoms. The summed E-state index contributed by atoms with van der Waals surface area (Å²) in [6, 6.07) is 60.7. The Morgan fingerprint density at radius 1 is 0.547 bits per heavy atom. The van der Waals surface area contributed by atoms with Crippen LogP contribution < -0.4 is 5.32 Å². The molecule has 0 radical (unpaired) electrons. The minimum Gasteiger partial charge on any atom is -0.456 e. The summed E-state index contributed by atoms with van der Waals surface area (Å²) in [5.41, 5.74) is 12.4. The van der Waals surface area contributed by atoms with E-state index in [0.29, 0.717) is 23.3 Å². The number of nitrogens with one attached hydrogen (secondary N) is 1. The van der Waals surface area contributed by atoms with Gasteiger partial charge in [0.2, 0.25) is 5.95 Å². The van der Waals surface area contributed by atoms with Gasteiger partial charge >= 0.3 is 0 Å². The van der Waals surface area contributed by atoms with Crippen LogP contribution in [-0.2, 0) is 0 Å². The summed E-state index contributed by atoms with van der Waals surface area (Å²) in [6.07, 6.45) is 2.32. The summed E-state index contributed by atoms with van der Waals surface area (Å²) >= 11 is 0. The van der Waals surface area contributed by atoms with Gasteiger partial charge in [-0.3, -0.25) is 0 Å². The van der Waals surface area contributed by atoms with Crippen molar-refractivity contribution < 1.29 is 8.83 Å². The zero-order chi connectivity index (χ0) is 43.3. The monoisotopic (exact) mass is 828 g/mol. The van der Waals surface area contributed by atoms with Crippen LogP contribution in [0.25, 0.3) is 94.1 Å². The first-order valence-electron chi connectivity index (χ1n) is 21.8. The highest BCUT2D eigenvalue weighted by atomic mass is 16.3. The van der Waals surface area contributed by atoms with Crippen molar-refractivity contribution >= 4 is 66.2 Å². The maximum Gasteiger partial charge on any atom is 0.231 e. The van der Waals surface area contributed by atoms with Crippen LogP contribution >= 0.6 is 0 Å². The summed E-state index contributed by atoms with van der Waals surface area (Å²) in [4.78, 5) is 15.3. The third-order valence-corrected chi connectivity index (χ3v) is 12.7. The van der Waals surface area contributed by atoms with Crippen LogP contribution in [-0.4, -0.2) is 15.0 Å². The van der Waals surface area contributed by atoms with E-state index in [2.05, 4.69) is 147 Å². The van der Waals surface area contributed by atoms with Crippen molar-refractivity contribution in [2.24, 2.45) is 5.92 Å². The molecular formula is C58H44N4O2. The average Bonchev–Trinajstić information content (AvgIpc) is 3.91. The standard InChI is InChI=1S/C58H44N4O2/c1-35-16-5-8-19-43(35)45-21-10-9-20-44(45)37(3)36(2)32-51(50-25-15-24-49-47-23-12-14-27-53(47)64-55(49)50)38(4)59-58-61-56(41-29-28-39-17-6-7-18-40(39)33-41)60-57(62-58)42-30-31-48-46-22-11-13-26-52(46)63-54(48)34-42/h5-34,36-37H,4H2,1-3H3,(H,59,60,61,62)/b51-32+. The summed E-state index contributed by atoms with van der Waals surface area (Å²) in [7, 11) is 0. The fourth-order valence-electron chi connectivity index (χ4n) is 9.10. The van der Waals surface area contributed by atoms with Gasteiger partial charge in [0.25, 0.3) is 0 Å². The Morgan fingerprint density at radius 3 is 1.95 bits per heavy atom. The molecule has 0 aliphatic heterocycles. The largest absolute Gasteiger partial charge is 0.456 e. The minimum absolute atomic E-state index is 0.0657. The highest BCUT2D eigenvalue weighted by molar-refractivity contribution is 6.09. The molecule has 3 heterocycles. The first-order chi connectivity index (χ1) is 31.4. The van der Waals surface area contributed by atoms with Gasteiger partial charge in [0.1, 0.15) is 22.3 Å². The predicted octanol–water partition coefficient (Wildman–Crippen LogP) is 15.6. The molecule has 11 rings (SSSR count). The average molecular weight is 829 g/mol. The van der Waals surface area contributed by atoms with E-state index in [1.807, 2.05) is 60.7 Å². The lowest BCUT2D eigenvalue weighted by Gasteiger charge is -2.23. The topological polar surface area (TPSA) is 77.0 Å². The van der Waals surface area contributed by atoms with Crippen molar-refractivity contribution in [1.29, 1.82) is 0 Å². The van der Waals surface area contributed by atoms with E-state index < -0.39 is 0 Å². The van der Waals surface area contributed by atoms with Gasteiger partial charge in [-0.2, -0.15) is 9.97 Å². The Morgan fingerprint density at radius 2 is 1.16 bits per heavy atom. The number of anilines is 1. The molecule has 2 unspecified atom stereocenters. The van der Waals surface area contributed by atoms with E-state index in [9.17, 15) is 0 Å². The molecule has 0 amide bonds. The van der Waals surface area contributed by atoms with Gasteiger partial charge in [-0.1, -0.05) is 172 Å². The molecule has 0 aliphatic rings. The van der Waals surface area contributed by atoms with Crippen molar-refractivity contribution in [2.75, 3.05) is 5.32 Å². The van der Waals surface area contributed by atoms with Crippen molar-refractivity contribution in [3.05, 3.63) is 211 Å². The zero-order valence-corrected chi connectivity index (χ0v) is 35.8. The molecule has 64 heavy (non-hydrogen) atoms. The number of furan rings is 2. The van der Waals surface area contributed by atoms with Gasteiger partial charge in [0.15, 0.2) is 11.6 Å². The van der Waals surface area contributed by atoms with Crippen LogP contribution in [0.5, 0.6) is 0 Å². The Bertz CT molecular complexity index is 3630. The second-order valence-electron chi connectivity index (χ2n) is 16.7. The predicted molar refractivity (Wildman–Crippen MR) is 264 cm³/mol. The number of allylic oxidation sites excluding steroid dienone is 2. The molecule has 0 fully saturated rings. The van der Waals surface area contributed by atoms with E-state index in [0.717, 1.165) is 76.9 Å². The van der Waals surface area contributed by atoms with E-state index in [1.54, 1.807) is 0 Å². The van der Waals surface area contributed by atoms with Gasteiger partial charge in [0.05, 0.1) is 0 Å².